The number of nitrogens with one attached hydrogen (secondary N) is 1. The van der Waals surface area contributed by atoms with E-state index in [1.165, 1.54) is 18.4 Å². The minimum atomic E-state index is -0.355. The summed E-state index contributed by atoms with van der Waals surface area (Å²) in [6.45, 7) is 4.42. The summed E-state index contributed by atoms with van der Waals surface area (Å²) in [5.41, 5.74) is 1.20. The van der Waals surface area contributed by atoms with E-state index < -0.39 is 0 Å². The normalized spacial score (nSPS) is 14.4. The van der Waals surface area contributed by atoms with Crippen molar-refractivity contribution < 1.29 is 14.3 Å². The van der Waals surface area contributed by atoms with Crippen molar-refractivity contribution in [3.63, 3.8) is 0 Å². The molecule has 1 aromatic rings. The van der Waals surface area contributed by atoms with Crippen molar-refractivity contribution in [2.75, 3.05) is 6.61 Å². The number of benzene rings is 1. The van der Waals surface area contributed by atoms with Crippen molar-refractivity contribution in [3.05, 3.63) is 28.2 Å². The van der Waals surface area contributed by atoms with Crippen LogP contribution in [0.5, 0.6) is 5.75 Å². The van der Waals surface area contributed by atoms with Crippen LogP contribution in [0.4, 0.5) is 0 Å². The van der Waals surface area contributed by atoms with Gasteiger partial charge in [0.15, 0.2) is 6.61 Å². The van der Waals surface area contributed by atoms with Crippen LogP contribution in [0.25, 0.3) is 0 Å². The van der Waals surface area contributed by atoms with Crippen molar-refractivity contribution in [1.82, 2.24) is 5.32 Å². The maximum absolute atomic E-state index is 11.4. The molecule has 0 atom stereocenters. The van der Waals surface area contributed by atoms with Gasteiger partial charge in [-0.15, -0.1) is 0 Å². The van der Waals surface area contributed by atoms with Crippen LogP contribution in [0.2, 0.25) is 0 Å². The van der Waals surface area contributed by atoms with Crippen LogP contribution in [-0.2, 0) is 16.1 Å². The molecule has 1 aliphatic carbocycles. The molecule has 0 aromatic heterocycles. The minimum absolute atomic E-state index is 0.0730. The molecule has 0 aliphatic heterocycles. The summed E-state index contributed by atoms with van der Waals surface area (Å²) < 4.78 is 11.3. The van der Waals surface area contributed by atoms with Gasteiger partial charge in [-0.3, -0.25) is 0 Å². The number of hydrogen-bond acceptors (Lipinski definition) is 4. The van der Waals surface area contributed by atoms with Gasteiger partial charge in [-0.05, 0) is 60.3 Å². The Morgan fingerprint density at radius 3 is 2.80 bits per heavy atom. The predicted molar refractivity (Wildman–Crippen MR) is 80.7 cm³/mol. The first kappa shape index (κ1) is 15.3. The predicted octanol–water partition coefficient (Wildman–Crippen LogP) is 3.03. The van der Waals surface area contributed by atoms with E-state index in [1.807, 2.05) is 32.0 Å². The summed E-state index contributed by atoms with van der Waals surface area (Å²) in [5, 5.41) is 3.46. The van der Waals surface area contributed by atoms with Crippen LogP contribution in [0, 0.1) is 0 Å². The van der Waals surface area contributed by atoms with Gasteiger partial charge in [0.05, 0.1) is 10.6 Å². The van der Waals surface area contributed by atoms with Gasteiger partial charge in [-0.2, -0.15) is 0 Å². The Labute approximate surface area is 128 Å². The highest BCUT2D eigenvalue weighted by Crippen LogP contribution is 2.27. The molecule has 0 amide bonds. The molecule has 1 saturated carbocycles. The minimum Gasteiger partial charge on any atom is -0.481 e. The molecule has 1 aliphatic rings. The molecule has 0 heterocycles. The molecule has 20 heavy (non-hydrogen) atoms. The molecule has 110 valence electrons. The lowest BCUT2D eigenvalue weighted by Gasteiger charge is -2.11. The number of rotatable bonds is 7. The molecule has 4 nitrogen and oxygen atoms in total. The smallest absolute Gasteiger partial charge is 0.344 e. The first-order valence-corrected chi connectivity index (χ1v) is 7.68. The second-order valence-electron chi connectivity index (χ2n) is 5.25. The number of ether oxygens (including phenoxy) is 2. The fraction of sp³-hybridized carbons (Fsp3) is 0.533. The fourth-order valence-electron chi connectivity index (χ4n) is 1.75. The largest absolute Gasteiger partial charge is 0.481 e. The fourth-order valence-corrected chi connectivity index (χ4v) is 2.30. The van der Waals surface area contributed by atoms with Gasteiger partial charge in [0, 0.05) is 12.6 Å². The van der Waals surface area contributed by atoms with Crippen molar-refractivity contribution in [3.8, 4) is 5.75 Å². The Bertz CT molecular complexity index is 472. The van der Waals surface area contributed by atoms with Gasteiger partial charge in [0.1, 0.15) is 5.75 Å². The lowest BCUT2D eigenvalue weighted by Crippen LogP contribution is -2.19. The second kappa shape index (κ2) is 7.09. The average Bonchev–Trinajstić information content (AvgIpc) is 3.18. The molecule has 1 fully saturated rings. The Kier molecular flexibility index (Phi) is 5.43. The third kappa shape index (κ3) is 5.13. The Morgan fingerprint density at radius 1 is 1.45 bits per heavy atom. The second-order valence-corrected chi connectivity index (χ2v) is 6.10. The van der Waals surface area contributed by atoms with E-state index in [9.17, 15) is 4.79 Å². The van der Waals surface area contributed by atoms with Gasteiger partial charge in [0.25, 0.3) is 0 Å². The summed E-state index contributed by atoms with van der Waals surface area (Å²) in [6, 6.07) is 6.58. The highest BCUT2D eigenvalue weighted by atomic mass is 79.9. The van der Waals surface area contributed by atoms with Gasteiger partial charge in [0.2, 0.25) is 0 Å². The first-order valence-electron chi connectivity index (χ1n) is 6.88. The first-order chi connectivity index (χ1) is 9.54. The quantitative estimate of drug-likeness (QED) is 0.774. The van der Waals surface area contributed by atoms with E-state index in [1.54, 1.807) is 0 Å². The average molecular weight is 342 g/mol. The topological polar surface area (TPSA) is 47.6 Å². The molecular weight excluding hydrogens is 322 g/mol. The van der Waals surface area contributed by atoms with Crippen molar-refractivity contribution in [2.24, 2.45) is 0 Å². The number of carbonyl (C=O) groups is 1. The van der Waals surface area contributed by atoms with E-state index in [-0.39, 0.29) is 18.7 Å². The number of halogens is 1. The van der Waals surface area contributed by atoms with Gasteiger partial charge in [-0.25, -0.2) is 4.79 Å². The molecule has 0 bridgehead atoms. The molecule has 1 aromatic carbocycles. The van der Waals surface area contributed by atoms with Crippen LogP contribution < -0.4 is 10.1 Å². The molecule has 0 spiro atoms. The van der Waals surface area contributed by atoms with Crippen LogP contribution in [0.15, 0.2) is 22.7 Å². The summed E-state index contributed by atoms with van der Waals surface area (Å²) in [4.78, 5) is 11.4. The molecule has 2 rings (SSSR count). The van der Waals surface area contributed by atoms with E-state index in [0.717, 1.165) is 11.0 Å². The van der Waals surface area contributed by atoms with E-state index in [2.05, 4.69) is 21.2 Å². The van der Waals surface area contributed by atoms with Crippen LogP contribution in [-0.4, -0.2) is 24.7 Å². The molecule has 0 radical (unpaired) electrons. The zero-order chi connectivity index (χ0) is 14.5. The van der Waals surface area contributed by atoms with E-state index in [0.29, 0.717) is 11.8 Å². The van der Waals surface area contributed by atoms with Crippen LogP contribution >= 0.6 is 15.9 Å². The Morgan fingerprint density at radius 2 is 2.20 bits per heavy atom. The van der Waals surface area contributed by atoms with Gasteiger partial charge in [-0.1, -0.05) is 6.07 Å². The molecule has 0 unspecified atom stereocenters. The maximum Gasteiger partial charge on any atom is 0.344 e. The third-order valence-corrected chi connectivity index (χ3v) is 3.50. The highest BCUT2D eigenvalue weighted by molar-refractivity contribution is 9.10. The lowest BCUT2D eigenvalue weighted by molar-refractivity contribution is -0.149. The number of hydrogen-bond donors (Lipinski definition) is 1. The van der Waals surface area contributed by atoms with Crippen LogP contribution in [0.1, 0.15) is 32.3 Å². The SMILES string of the molecule is CC(C)OC(=O)COc1ccc(CNC2CC2)cc1Br. The standard InChI is InChI=1S/C15H20BrNO3/c1-10(2)20-15(18)9-19-14-6-3-11(7-13(14)16)8-17-12-4-5-12/h3,6-7,10,12,17H,4-5,8-9H2,1-2H3. The summed E-state index contributed by atoms with van der Waals surface area (Å²) in [5.74, 6) is 0.298. The van der Waals surface area contributed by atoms with E-state index >= 15 is 0 Å². The third-order valence-electron chi connectivity index (χ3n) is 2.88. The Balaban J connectivity index is 1.83. The Hall–Kier alpha value is -1.07. The zero-order valence-corrected chi connectivity index (χ0v) is 13.4. The number of carbonyl (C=O) groups excluding carboxylic acids is 1. The highest BCUT2D eigenvalue weighted by Gasteiger charge is 2.20. The summed E-state index contributed by atoms with van der Waals surface area (Å²) in [6.07, 6.45) is 2.44. The van der Waals surface area contributed by atoms with Crippen molar-refractivity contribution in [1.29, 1.82) is 0 Å². The van der Waals surface area contributed by atoms with Crippen LogP contribution in [0.3, 0.4) is 0 Å². The maximum atomic E-state index is 11.4. The zero-order valence-electron chi connectivity index (χ0n) is 11.8. The molecule has 1 N–H and O–H groups in total. The molecular formula is C15H20BrNO3. The van der Waals surface area contributed by atoms with Gasteiger partial charge < -0.3 is 14.8 Å². The molecule has 5 heteroatoms. The lowest BCUT2D eigenvalue weighted by atomic mass is 10.2. The number of esters is 1. The molecule has 0 saturated heterocycles. The van der Waals surface area contributed by atoms with Crippen molar-refractivity contribution in [2.45, 2.75) is 45.4 Å². The van der Waals surface area contributed by atoms with Gasteiger partial charge >= 0.3 is 5.97 Å². The summed E-state index contributed by atoms with van der Waals surface area (Å²) in [7, 11) is 0. The monoisotopic (exact) mass is 341 g/mol. The van der Waals surface area contributed by atoms with Crippen molar-refractivity contribution >= 4 is 21.9 Å². The summed E-state index contributed by atoms with van der Waals surface area (Å²) >= 11 is 3.47. The van der Waals surface area contributed by atoms with E-state index in [4.69, 9.17) is 9.47 Å².